The number of benzene rings is 1. The lowest BCUT2D eigenvalue weighted by Crippen LogP contribution is -2.25. The Balaban J connectivity index is 1.76. The van der Waals surface area contributed by atoms with Crippen LogP contribution in [0.2, 0.25) is 0 Å². The Morgan fingerprint density at radius 1 is 1.33 bits per heavy atom. The summed E-state index contributed by atoms with van der Waals surface area (Å²) in [7, 11) is 0. The van der Waals surface area contributed by atoms with E-state index in [9.17, 15) is 5.11 Å². The molecule has 2 N–H and O–H groups in total. The zero-order chi connectivity index (χ0) is 17.3. The van der Waals surface area contributed by atoms with Gasteiger partial charge in [0.05, 0.1) is 18.7 Å². The molecular weight excluding hydrogens is 322 g/mol. The first-order valence-electron chi connectivity index (χ1n) is 7.89. The lowest BCUT2D eigenvalue weighted by Gasteiger charge is -2.19. The molecule has 1 aromatic carbocycles. The molecule has 0 bridgehead atoms. The van der Waals surface area contributed by atoms with Crippen LogP contribution in [0.15, 0.2) is 35.4 Å². The maximum atomic E-state index is 10.3. The van der Waals surface area contributed by atoms with Crippen LogP contribution in [-0.2, 0) is 0 Å². The highest BCUT2D eigenvalue weighted by Gasteiger charge is 2.31. The van der Waals surface area contributed by atoms with Crippen molar-refractivity contribution in [1.29, 1.82) is 5.41 Å². The largest absolute Gasteiger partial charge is 0.510 e. The maximum Gasteiger partial charge on any atom is 0.139 e. The number of amidine groups is 1. The Kier molecular flexibility index (Phi) is 4.57. The minimum Gasteiger partial charge on any atom is -0.510 e. The Labute approximate surface area is 145 Å². The summed E-state index contributed by atoms with van der Waals surface area (Å²) in [6, 6.07) is 7.61. The Bertz CT molecular complexity index is 778. The van der Waals surface area contributed by atoms with E-state index in [4.69, 9.17) is 10.1 Å². The highest BCUT2D eigenvalue weighted by atomic mass is 32.1. The molecule has 3 rings (SSSR count). The molecule has 1 aromatic heterocycles. The van der Waals surface area contributed by atoms with Crippen LogP contribution < -0.4 is 9.64 Å². The van der Waals surface area contributed by atoms with Crippen LogP contribution in [0.3, 0.4) is 0 Å². The van der Waals surface area contributed by atoms with Crippen LogP contribution in [0, 0.1) is 18.3 Å². The molecule has 0 aliphatic carbocycles. The molecule has 0 unspecified atom stereocenters. The van der Waals surface area contributed by atoms with E-state index in [1.807, 2.05) is 36.6 Å². The summed E-state index contributed by atoms with van der Waals surface area (Å²) in [4.78, 5) is 6.16. The van der Waals surface area contributed by atoms with Crippen LogP contribution in [0.4, 0.5) is 5.69 Å². The van der Waals surface area contributed by atoms with E-state index in [-0.39, 0.29) is 11.6 Å². The standard InChI is InChI=1S/C18H21N3O2S/c1-11(2)9-23-14-6-4-13(5-7-14)21-8-15(22)16(17(21)19)18-20-12(3)10-24-18/h4-7,10-11,19,22H,8-9H2,1-3H3. The van der Waals surface area contributed by atoms with Crippen molar-refractivity contribution in [3.8, 4) is 5.75 Å². The second kappa shape index (κ2) is 6.65. The van der Waals surface area contributed by atoms with Gasteiger partial charge in [0.2, 0.25) is 0 Å². The number of nitrogens with one attached hydrogen (secondary N) is 1. The predicted octanol–water partition coefficient (Wildman–Crippen LogP) is 4.25. The fourth-order valence-electron chi connectivity index (χ4n) is 2.48. The number of rotatable bonds is 5. The molecular formula is C18H21N3O2S. The van der Waals surface area contributed by atoms with Gasteiger partial charge in [0, 0.05) is 16.8 Å². The van der Waals surface area contributed by atoms with E-state index in [0.717, 1.165) is 17.1 Å². The second-order valence-corrected chi connectivity index (χ2v) is 7.11. The maximum absolute atomic E-state index is 10.3. The van der Waals surface area contributed by atoms with Crippen LogP contribution >= 0.6 is 11.3 Å². The summed E-state index contributed by atoms with van der Waals surface area (Å²) >= 11 is 1.45. The summed E-state index contributed by atoms with van der Waals surface area (Å²) in [5.74, 6) is 1.75. The second-order valence-electron chi connectivity index (χ2n) is 6.25. The SMILES string of the molecule is Cc1csc(C2=C(O)CN(c3ccc(OCC(C)C)cc3)C2=N)n1. The molecule has 0 atom stereocenters. The van der Waals surface area contributed by atoms with Gasteiger partial charge in [-0.05, 0) is 37.1 Å². The van der Waals surface area contributed by atoms with Gasteiger partial charge in [-0.15, -0.1) is 11.3 Å². The Morgan fingerprint density at radius 3 is 2.62 bits per heavy atom. The average Bonchev–Trinajstić information content (AvgIpc) is 3.09. The predicted molar refractivity (Wildman–Crippen MR) is 98.2 cm³/mol. The lowest BCUT2D eigenvalue weighted by molar-refractivity contribution is 0.271. The van der Waals surface area contributed by atoms with Crippen LogP contribution in [0.25, 0.3) is 5.57 Å². The molecule has 2 aromatic rings. The van der Waals surface area contributed by atoms with E-state index >= 15 is 0 Å². The van der Waals surface area contributed by atoms with E-state index in [1.165, 1.54) is 11.3 Å². The summed E-state index contributed by atoms with van der Waals surface area (Å²) in [6.45, 7) is 7.09. The number of ether oxygens (including phenoxy) is 1. The number of aryl methyl sites for hydroxylation is 1. The first kappa shape index (κ1) is 16.5. The monoisotopic (exact) mass is 343 g/mol. The molecule has 0 saturated carbocycles. The van der Waals surface area contributed by atoms with Gasteiger partial charge < -0.3 is 14.7 Å². The quantitative estimate of drug-likeness (QED) is 0.851. The zero-order valence-electron chi connectivity index (χ0n) is 14.0. The third-order valence-corrected chi connectivity index (χ3v) is 4.65. The molecule has 126 valence electrons. The van der Waals surface area contributed by atoms with Crippen molar-refractivity contribution in [3.05, 3.63) is 46.1 Å². The van der Waals surface area contributed by atoms with Crippen molar-refractivity contribution in [2.45, 2.75) is 20.8 Å². The number of hydrogen-bond donors (Lipinski definition) is 2. The topological polar surface area (TPSA) is 69.4 Å². The molecule has 0 amide bonds. The van der Waals surface area contributed by atoms with Crippen molar-refractivity contribution in [1.82, 2.24) is 4.98 Å². The normalized spacial score (nSPS) is 14.8. The van der Waals surface area contributed by atoms with Crippen LogP contribution in [0.5, 0.6) is 5.75 Å². The molecule has 0 spiro atoms. The van der Waals surface area contributed by atoms with Gasteiger partial charge in [-0.3, -0.25) is 5.41 Å². The van der Waals surface area contributed by atoms with E-state index < -0.39 is 0 Å². The Hall–Kier alpha value is -2.34. The van der Waals surface area contributed by atoms with Crippen molar-refractivity contribution in [2.24, 2.45) is 5.92 Å². The van der Waals surface area contributed by atoms with Crippen molar-refractivity contribution >= 4 is 28.4 Å². The highest BCUT2D eigenvalue weighted by Crippen LogP contribution is 2.33. The number of aliphatic hydroxyl groups is 1. The first-order chi connectivity index (χ1) is 11.5. The first-order valence-corrected chi connectivity index (χ1v) is 8.77. The summed E-state index contributed by atoms with van der Waals surface area (Å²) in [6.07, 6.45) is 0. The number of anilines is 1. The summed E-state index contributed by atoms with van der Waals surface area (Å²) < 4.78 is 5.69. The number of nitrogens with zero attached hydrogens (tertiary/aromatic N) is 2. The van der Waals surface area contributed by atoms with Crippen LogP contribution in [0.1, 0.15) is 24.5 Å². The van der Waals surface area contributed by atoms with Gasteiger partial charge in [0.25, 0.3) is 0 Å². The smallest absolute Gasteiger partial charge is 0.139 e. The third kappa shape index (κ3) is 3.28. The molecule has 1 aliphatic heterocycles. The van der Waals surface area contributed by atoms with Gasteiger partial charge in [-0.2, -0.15) is 0 Å². The highest BCUT2D eigenvalue weighted by molar-refractivity contribution is 7.11. The van der Waals surface area contributed by atoms with Gasteiger partial charge in [-0.1, -0.05) is 13.8 Å². The van der Waals surface area contributed by atoms with Gasteiger partial charge in [0.1, 0.15) is 22.4 Å². The third-order valence-electron chi connectivity index (χ3n) is 3.67. The molecule has 1 aliphatic rings. The summed E-state index contributed by atoms with van der Waals surface area (Å²) in [5, 5.41) is 21.3. The Morgan fingerprint density at radius 2 is 2.04 bits per heavy atom. The van der Waals surface area contributed by atoms with Gasteiger partial charge in [-0.25, -0.2) is 4.98 Å². The molecule has 5 nitrogen and oxygen atoms in total. The molecule has 0 radical (unpaired) electrons. The molecule has 0 fully saturated rings. The van der Waals surface area contributed by atoms with Crippen LogP contribution in [-0.4, -0.2) is 29.1 Å². The van der Waals surface area contributed by atoms with Gasteiger partial charge >= 0.3 is 0 Å². The minimum atomic E-state index is 0.189. The fraction of sp³-hybridized carbons (Fsp3) is 0.333. The fourth-order valence-corrected chi connectivity index (χ4v) is 3.34. The lowest BCUT2D eigenvalue weighted by atomic mass is 10.2. The number of aliphatic hydroxyl groups excluding tert-OH is 1. The molecule has 2 heterocycles. The van der Waals surface area contributed by atoms with Crippen molar-refractivity contribution in [2.75, 3.05) is 18.1 Å². The van der Waals surface area contributed by atoms with E-state index in [0.29, 0.717) is 29.7 Å². The minimum absolute atomic E-state index is 0.189. The van der Waals surface area contributed by atoms with Gasteiger partial charge in [0.15, 0.2) is 0 Å². The molecule has 6 heteroatoms. The summed E-state index contributed by atoms with van der Waals surface area (Å²) in [5.41, 5.74) is 2.27. The zero-order valence-corrected chi connectivity index (χ0v) is 14.9. The van der Waals surface area contributed by atoms with Crippen molar-refractivity contribution in [3.63, 3.8) is 0 Å². The number of hydrogen-bond acceptors (Lipinski definition) is 5. The number of aromatic nitrogens is 1. The molecule has 0 saturated heterocycles. The molecule has 24 heavy (non-hydrogen) atoms. The van der Waals surface area contributed by atoms with E-state index in [1.54, 1.807) is 4.90 Å². The van der Waals surface area contributed by atoms with Crippen molar-refractivity contribution < 1.29 is 9.84 Å². The van der Waals surface area contributed by atoms with E-state index in [2.05, 4.69) is 18.8 Å². The average molecular weight is 343 g/mol. The number of thiazole rings is 1.